The van der Waals surface area contributed by atoms with Gasteiger partial charge in [-0.1, -0.05) is 30.3 Å². The zero-order chi connectivity index (χ0) is 12.2. The Morgan fingerprint density at radius 1 is 1.17 bits per heavy atom. The van der Waals surface area contributed by atoms with E-state index in [-0.39, 0.29) is 0 Å². The summed E-state index contributed by atoms with van der Waals surface area (Å²) >= 11 is 0. The van der Waals surface area contributed by atoms with Crippen LogP contribution < -0.4 is 5.32 Å². The van der Waals surface area contributed by atoms with Gasteiger partial charge in [0.25, 0.3) is 0 Å². The van der Waals surface area contributed by atoms with Crippen molar-refractivity contribution < 1.29 is 0 Å². The summed E-state index contributed by atoms with van der Waals surface area (Å²) in [5.41, 5.74) is 3.41. The lowest BCUT2D eigenvalue weighted by Gasteiger charge is -2.10. The van der Waals surface area contributed by atoms with Crippen LogP contribution in [0.4, 0.5) is 0 Å². The van der Waals surface area contributed by atoms with Crippen molar-refractivity contribution in [1.29, 1.82) is 0 Å². The molecule has 2 heterocycles. The molecule has 1 unspecified atom stereocenters. The summed E-state index contributed by atoms with van der Waals surface area (Å²) in [6.07, 6.45) is 7.01. The molecule has 3 nitrogen and oxygen atoms in total. The zero-order valence-corrected chi connectivity index (χ0v) is 10.3. The van der Waals surface area contributed by atoms with E-state index in [1.807, 2.05) is 18.5 Å². The van der Waals surface area contributed by atoms with E-state index in [2.05, 4.69) is 34.6 Å². The highest BCUT2D eigenvalue weighted by atomic mass is 15.0. The van der Waals surface area contributed by atoms with E-state index in [9.17, 15) is 0 Å². The van der Waals surface area contributed by atoms with Crippen LogP contribution in [-0.4, -0.2) is 16.5 Å². The van der Waals surface area contributed by atoms with Gasteiger partial charge in [-0.25, -0.2) is 0 Å². The van der Waals surface area contributed by atoms with E-state index < -0.39 is 0 Å². The Balaban J connectivity index is 1.78. The first-order chi connectivity index (χ1) is 8.92. The molecule has 0 radical (unpaired) electrons. The van der Waals surface area contributed by atoms with Gasteiger partial charge in [-0.3, -0.25) is 9.97 Å². The van der Waals surface area contributed by atoms with E-state index >= 15 is 0 Å². The van der Waals surface area contributed by atoms with E-state index in [4.69, 9.17) is 4.98 Å². The van der Waals surface area contributed by atoms with Crippen LogP contribution in [0.2, 0.25) is 0 Å². The summed E-state index contributed by atoms with van der Waals surface area (Å²) in [6, 6.07) is 10.8. The summed E-state index contributed by atoms with van der Waals surface area (Å²) in [4.78, 5) is 9.05. The lowest BCUT2D eigenvalue weighted by molar-refractivity contribution is 0.620. The van der Waals surface area contributed by atoms with Crippen molar-refractivity contribution in [3.8, 4) is 0 Å². The molecule has 1 N–H and O–H groups in total. The maximum Gasteiger partial charge on any atom is 0.0759 e. The smallest absolute Gasteiger partial charge is 0.0759 e. The van der Waals surface area contributed by atoms with Crippen molar-refractivity contribution in [2.75, 3.05) is 6.54 Å². The van der Waals surface area contributed by atoms with Crippen molar-refractivity contribution in [2.24, 2.45) is 0 Å². The van der Waals surface area contributed by atoms with Gasteiger partial charge < -0.3 is 5.32 Å². The van der Waals surface area contributed by atoms with E-state index in [0.29, 0.717) is 6.04 Å². The maximum atomic E-state index is 4.73. The molecule has 2 aromatic rings. The highest BCUT2D eigenvalue weighted by Gasteiger charge is 2.17. The van der Waals surface area contributed by atoms with Crippen LogP contribution in [0, 0.1) is 0 Å². The second-order valence-electron chi connectivity index (χ2n) is 4.75. The summed E-state index contributed by atoms with van der Waals surface area (Å²) in [7, 11) is 0. The number of hydrogen-bond donors (Lipinski definition) is 1. The fraction of sp³-hybridized carbons (Fsp3) is 0.333. The first kappa shape index (κ1) is 11.4. The Bertz CT molecular complexity index is 504. The minimum absolute atomic E-state index is 0.397. The Morgan fingerprint density at radius 3 is 2.83 bits per heavy atom. The third kappa shape index (κ3) is 2.57. The average molecular weight is 239 g/mol. The molecule has 1 aromatic carbocycles. The molecule has 1 aliphatic rings. The Hall–Kier alpha value is -1.74. The topological polar surface area (TPSA) is 37.8 Å². The van der Waals surface area contributed by atoms with Gasteiger partial charge in [0, 0.05) is 18.8 Å². The van der Waals surface area contributed by atoms with Gasteiger partial charge in [0.05, 0.1) is 17.4 Å². The number of hydrogen-bond acceptors (Lipinski definition) is 3. The standard InChI is InChI=1S/C15H17N3/c1-2-5-12(6-3-1)9-13-10-16-11-15(18-13)14-7-4-8-17-14/h1-3,5-6,10-11,14,17H,4,7-9H2. The fourth-order valence-corrected chi connectivity index (χ4v) is 2.42. The average Bonchev–Trinajstić information content (AvgIpc) is 2.94. The van der Waals surface area contributed by atoms with Gasteiger partial charge in [-0.15, -0.1) is 0 Å². The van der Waals surface area contributed by atoms with Crippen LogP contribution >= 0.6 is 0 Å². The van der Waals surface area contributed by atoms with Gasteiger partial charge in [-0.05, 0) is 24.9 Å². The van der Waals surface area contributed by atoms with Crippen LogP contribution in [0.15, 0.2) is 42.7 Å². The molecule has 1 aromatic heterocycles. The summed E-state index contributed by atoms with van der Waals surface area (Å²) in [5, 5.41) is 3.46. The number of benzene rings is 1. The molecule has 1 aliphatic heterocycles. The SMILES string of the molecule is c1ccc(Cc2cncc(C3CCCN3)n2)cc1. The number of aromatic nitrogens is 2. The molecule has 3 rings (SSSR count). The first-order valence-corrected chi connectivity index (χ1v) is 6.50. The summed E-state index contributed by atoms with van der Waals surface area (Å²) in [5.74, 6) is 0. The van der Waals surface area contributed by atoms with Crippen LogP contribution in [0.25, 0.3) is 0 Å². The molecule has 92 valence electrons. The predicted molar refractivity (Wildman–Crippen MR) is 71.3 cm³/mol. The maximum absolute atomic E-state index is 4.73. The molecule has 1 saturated heterocycles. The van der Waals surface area contributed by atoms with Gasteiger partial charge in [0.15, 0.2) is 0 Å². The quantitative estimate of drug-likeness (QED) is 0.894. The van der Waals surface area contributed by atoms with Gasteiger partial charge >= 0.3 is 0 Å². The largest absolute Gasteiger partial charge is 0.309 e. The van der Waals surface area contributed by atoms with E-state index in [1.54, 1.807) is 0 Å². The molecule has 0 saturated carbocycles. The van der Waals surface area contributed by atoms with Crippen molar-refractivity contribution in [3.05, 3.63) is 59.7 Å². The molecule has 18 heavy (non-hydrogen) atoms. The zero-order valence-electron chi connectivity index (χ0n) is 10.3. The van der Waals surface area contributed by atoms with Crippen molar-refractivity contribution in [2.45, 2.75) is 25.3 Å². The summed E-state index contributed by atoms with van der Waals surface area (Å²) < 4.78 is 0. The number of nitrogens with zero attached hydrogens (tertiary/aromatic N) is 2. The second kappa shape index (κ2) is 5.27. The van der Waals surface area contributed by atoms with Crippen LogP contribution in [-0.2, 0) is 6.42 Å². The Morgan fingerprint density at radius 2 is 2.06 bits per heavy atom. The van der Waals surface area contributed by atoms with Crippen LogP contribution in [0.3, 0.4) is 0 Å². The molecular weight excluding hydrogens is 222 g/mol. The Kier molecular flexibility index (Phi) is 3.33. The lowest BCUT2D eigenvalue weighted by Crippen LogP contribution is -2.15. The molecule has 1 fully saturated rings. The lowest BCUT2D eigenvalue weighted by atomic mass is 10.1. The third-order valence-electron chi connectivity index (χ3n) is 3.35. The Labute approximate surface area is 107 Å². The highest BCUT2D eigenvalue weighted by Crippen LogP contribution is 2.20. The highest BCUT2D eigenvalue weighted by molar-refractivity contribution is 5.21. The second-order valence-corrected chi connectivity index (χ2v) is 4.75. The molecular formula is C15H17N3. The van der Waals surface area contributed by atoms with Crippen molar-refractivity contribution >= 4 is 0 Å². The van der Waals surface area contributed by atoms with Crippen LogP contribution in [0.1, 0.15) is 35.8 Å². The fourth-order valence-electron chi connectivity index (χ4n) is 2.42. The normalized spacial score (nSPS) is 19.0. The van der Waals surface area contributed by atoms with Gasteiger partial charge in [-0.2, -0.15) is 0 Å². The molecule has 0 bridgehead atoms. The van der Waals surface area contributed by atoms with Crippen molar-refractivity contribution in [3.63, 3.8) is 0 Å². The number of rotatable bonds is 3. The molecule has 0 amide bonds. The monoisotopic (exact) mass is 239 g/mol. The predicted octanol–water partition coefficient (Wildman–Crippen LogP) is 2.49. The third-order valence-corrected chi connectivity index (χ3v) is 3.35. The molecule has 3 heteroatoms. The minimum Gasteiger partial charge on any atom is -0.309 e. The number of nitrogens with one attached hydrogen (secondary N) is 1. The van der Waals surface area contributed by atoms with Crippen LogP contribution in [0.5, 0.6) is 0 Å². The summed E-state index contributed by atoms with van der Waals surface area (Å²) in [6.45, 7) is 1.09. The molecule has 0 spiro atoms. The van der Waals surface area contributed by atoms with E-state index in [1.165, 1.54) is 18.4 Å². The van der Waals surface area contributed by atoms with Crippen molar-refractivity contribution in [1.82, 2.24) is 15.3 Å². The first-order valence-electron chi connectivity index (χ1n) is 6.50. The minimum atomic E-state index is 0.397. The molecule has 1 atom stereocenters. The van der Waals surface area contributed by atoms with Gasteiger partial charge in [0.1, 0.15) is 0 Å². The van der Waals surface area contributed by atoms with E-state index in [0.717, 1.165) is 24.4 Å². The van der Waals surface area contributed by atoms with Gasteiger partial charge in [0.2, 0.25) is 0 Å². The molecule has 0 aliphatic carbocycles.